The van der Waals surface area contributed by atoms with Crippen LogP contribution in [0.1, 0.15) is 5.56 Å². The Balaban J connectivity index is 1.64. The molecule has 1 aliphatic rings. The molecular weight excluding hydrogens is 368 g/mol. The van der Waals surface area contributed by atoms with Crippen molar-refractivity contribution in [3.05, 3.63) is 59.2 Å². The molecule has 2 heterocycles. The van der Waals surface area contributed by atoms with E-state index in [0.717, 1.165) is 11.3 Å². The van der Waals surface area contributed by atoms with E-state index in [2.05, 4.69) is 15.3 Å². The van der Waals surface area contributed by atoms with Crippen molar-refractivity contribution in [1.82, 2.24) is 9.97 Å². The second-order valence-electron chi connectivity index (χ2n) is 5.91. The fourth-order valence-corrected chi connectivity index (χ4v) is 3.11. The Morgan fingerprint density at radius 2 is 2.11 bits per heavy atom. The first-order chi connectivity index (χ1) is 13.2. The van der Waals surface area contributed by atoms with Crippen LogP contribution in [0.4, 0.5) is 23.1 Å². The first-order valence-electron chi connectivity index (χ1n) is 8.27. The molecule has 8 heteroatoms. The molecule has 0 aliphatic carbocycles. The van der Waals surface area contributed by atoms with Gasteiger partial charge in [0.25, 0.3) is 0 Å². The van der Waals surface area contributed by atoms with Crippen LogP contribution in [0, 0.1) is 0 Å². The Kier molecular flexibility index (Phi) is 4.70. The number of hydrogen-bond acceptors (Lipinski definition) is 7. The molecule has 0 saturated heterocycles. The maximum Gasteiger partial charge on any atom is 0.231 e. The summed E-state index contributed by atoms with van der Waals surface area (Å²) in [4.78, 5) is 10.6. The predicted octanol–water partition coefficient (Wildman–Crippen LogP) is 3.86. The summed E-state index contributed by atoms with van der Waals surface area (Å²) in [5, 5.41) is 12.9. The number of ether oxygens (including phenoxy) is 2. The largest absolute Gasteiger partial charge is 0.454 e. The summed E-state index contributed by atoms with van der Waals surface area (Å²) in [5.41, 5.74) is 2.27. The van der Waals surface area contributed by atoms with E-state index in [9.17, 15) is 5.11 Å². The number of anilines is 4. The van der Waals surface area contributed by atoms with Gasteiger partial charge in [-0.05, 0) is 35.9 Å². The van der Waals surface area contributed by atoms with Crippen LogP contribution in [0.2, 0.25) is 5.02 Å². The third-order valence-electron chi connectivity index (χ3n) is 4.15. The van der Waals surface area contributed by atoms with Crippen molar-refractivity contribution in [2.75, 3.05) is 24.1 Å². The fraction of sp³-hybridized carbons (Fsp3) is 0.158. The SMILES string of the molecule is CN(c1ccnc(Nc2cccc(CO)c2)n1)c1c(Cl)ccc2c1OCO2. The lowest BCUT2D eigenvalue weighted by Crippen LogP contribution is -2.13. The zero-order valence-corrected chi connectivity index (χ0v) is 15.3. The molecule has 0 spiro atoms. The van der Waals surface area contributed by atoms with Crippen molar-refractivity contribution in [3.8, 4) is 11.5 Å². The van der Waals surface area contributed by atoms with Crippen LogP contribution in [0.25, 0.3) is 0 Å². The van der Waals surface area contributed by atoms with Crippen LogP contribution in [0.15, 0.2) is 48.7 Å². The number of aromatic nitrogens is 2. The molecule has 1 aromatic heterocycles. The van der Waals surface area contributed by atoms with Crippen LogP contribution >= 0.6 is 11.6 Å². The number of fused-ring (bicyclic) bond motifs is 1. The second kappa shape index (κ2) is 7.30. The fourth-order valence-electron chi connectivity index (χ4n) is 2.83. The average molecular weight is 385 g/mol. The van der Waals surface area contributed by atoms with Crippen molar-refractivity contribution in [2.45, 2.75) is 6.61 Å². The van der Waals surface area contributed by atoms with E-state index in [4.69, 9.17) is 21.1 Å². The van der Waals surface area contributed by atoms with E-state index < -0.39 is 0 Å². The van der Waals surface area contributed by atoms with E-state index in [0.29, 0.717) is 34.0 Å². The molecule has 2 aromatic carbocycles. The van der Waals surface area contributed by atoms with Crippen LogP contribution in [-0.4, -0.2) is 28.9 Å². The van der Waals surface area contributed by atoms with Crippen molar-refractivity contribution in [1.29, 1.82) is 0 Å². The van der Waals surface area contributed by atoms with Gasteiger partial charge in [0.2, 0.25) is 12.7 Å². The zero-order valence-electron chi connectivity index (χ0n) is 14.5. The maximum absolute atomic E-state index is 9.27. The first-order valence-corrected chi connectivity index (χ1v) is 8.65. The van der Waals surface area contributed by atoms with Gasteiger partial charge in [-0.15, -0.1) is 0 Å². The molecule has 7 nitrogen and oxygen atoms in total. The van der Waals surface area contributed by atoms with Crippen LogP contribution in [0.5, 0.6) is 11.5 Å². The normalized spacial score (nSPS) is 12.1. The predicted molar refractivity (Wildman–Crippen MR) is 103 cm³/mol. The molecule has 0 unspecified atom stereocenters. The molecule has 138 valence electrons. The van der Waals surface area contributed by atoms with Crippen molar-refractivity contribution >= 4 is 34.7 Å². The van der Waals surface area contributed by atoms with Gasteiger partial charge >= 0.3 is 0 Å². The summed E-state index contributed by atoms with van der Waals surface area (Å²) in [6, 6.07) is 12.7. The highest BCUT2D eigenvalue weighted by Gasteiger charge is 2.24. The van der Waals surface area contributed by atoms with E-state index in [-0.39, 0.29) is 13.4 Å². The molecule has 0 saturated carbocycles. The van der Waals surface area contributed by atoms with Gasteiger partial charge in [-0.25, -0.2) is 4.98 Å². The highest BCUT2D eigenvalue weighted by atomic mass is 35.5. The number of hydrogen-bond donors (Lipinski definition) is 2. The Labute approximate surface area is 161 Å². The molecule has 1 aliphatic heterocycles. The van der Waals surface area contributed by atoms with Gasteiger partial charge < -0.3 is 24.8 Å². The molecule has 27 heavy (non-hydrogen) atoms. The number of nitrogens with one attached hydrogen (secondary N) is 1. The van der Waals surface area contributed by atoms with Crippen molar-refractivity contribution in [2.24, 2.45) is 0 Å². The minimum Gasteiger partial charge on any atom is -0.454 e. The Hall–Kier alpha value is -3.03. The van der Waals surface area contributed by atoms with E-state index in [1.807, 2.05) is 36.2 Å². The lowest BCUT2D eigenvalue weighted by Gasteiger charge is -2.21. The standard InChI is InChI=1S/C19H17ClN4O3/c1-24(17-14(20)5-6-15-18(17)27-11-26-15)16-7-8-21-19(23-16)22-13-4-2-3-12(9-13)10-25/h2-9,25H,10-11H2,1H3,(H,21,22,23). The third kappa shape index (κ3) is 3.47. The highest BCUT2D eigenvalue weighted by Crippen LogP contribution is 2.46. The van der Waals surface area contributed by atoms with Crippen molar-refractivity contribution < 1.29 is 14.6 Å². The van der Waals surface area contributed by atoms with Gasteiger partial charge in [0.1, 0.15) is 11.5 Å². The summed E-state index contributed by atoms with van der Waals surface area (Å²) >= 11 is 6.40. The number of aliphatic hydroxyl groups is 1. The number of rotatable bonds is 5. The molecular formula is C19H17ClN4O3. The van der Waals surface area contributed by atoms with E-state index in [1.165, 1.54) is 0 Å². The van der Waals surface area contributed by atoms with Crippen LogP contribution in [0.3, 0.4) is 0 Å². The second-order valence-corrected chi connectivity index (χ2v) is 6.32. The lowest BCUT2D eigenvalue weighted by molar-refractivity contribution is 0.174. The van der Waals surface area contributed by atoms with Gasteiger partial charge in [-0.2, -0.15) is 4.98 Å². The summed E-state index contributed by atoms with van der Waals surface area (Å²) < 4.78 is 11.0. The van der Waals surface area contributed by atoms with Gasteiger partial charge in [0.05, 0.1) is 11.6 Å². The number of nitrogens with zero attached hydrogens (tertiary/aromatic N) is 3. The third-order valence-corrected chi connectivity index (χ3v) is 4.45. The molecule has 0 amide bonds. The summed E-state index contributed by atoms with van der Waals surface area (Å²) in [7, 11) is 1.85. The summed E-state index contributed by atoms with van der Waals surface area (Å²) in [6.07, 6.45) is 1.66. The molecule has 0 radical (unpaired) electrons. The number of benzene rings is 2. The minimum atomic E-state index is -0.0289. The summed E-state index contributed by atoms with van der Waals surface area (Å²) in [5.74, 6) is 2.30. The Bertz CT molecular complexity index is 983. The Morgan fingerprint density at radius 3 is 2.96 bits per heavy atom. The minimum absolute atomic E-state index is 0.0289. The molecule has 3 aromatic rings. The quantitative estimate of drug-likeness (QED) is 0.691. The molecule has 0 bridgehead atoms. The van der Waals surface area contributed by atoms with Crippen molar-refractivity contribution in [3.63, 3.8) is 0 Å². The Morgan fingerprint density at radius 1 is 1.22 bits per heavy atom. The van der Waals surface area contributed by atoms with Gasteiger partial charge in [-0.1, -0.05) is 23.7 Å². The zero-order chi connectivity index (χ0) is 18.8. The number of halogens is 1. The molecule has 0 atom stereocenters. The van der Waals surface area contributed by atoms with Crippen LogP contribution in [-0.2, 0) is 6.61 Å². The topological polar surface area (TPSA) is 79.7 Å². The number of aliphatic hydroxyl groups excluding tert-OH is 1. The van der Waals surface area contributed by atoms with Gasteiger partial charge in [0, 0.05) is 18.9 Å². The molecule has 4 rings (SSSR count). The maximum atomic E-state index is 9.27. The monoisotopic (exact) mass is 384 g/mol. The molecule has 2 N–H and O–H groups in total. The first kappa shape index (κ1) is 17.4. The summed E-state index contributed by atoms with van der Waals surface area (Å²) in [6.45, 7) is 0.132. The molecule has 0 fully saturated rings. The van der Waals surface area contributed by atoms with Gasteiger partial charge in [0.15, 0.2) is 11.5 Å². The lowest BCUT2D eigenvalue weighted by atomic mass is 10.2. The highest BCUT2D eigenvalue weighted by molar-refractivity contribution is 6.34. The van der Waals surface area contributed by atoms with Crippen LogP contribution < -0.4 is 19.7 Å². The van der Waals surface area contributed by atoms with E-state index >= 15 is 0 Å². The van der Waals surface area contributed by atoms with E-state index in [1.54, 1.807) is 24.4 Å². The van der Waals surface area contributed by atoms with Gasteiger partial charge in [-0.3, -0.25) is 0 Å². The average Bonchev–Trinajstić information content (AvgIpc) is 3.16. The smallest absolute Gasteiger partial charge is 0.231 e.